The molecule has 0 heterocycles. The van der Waals surface area contributed by atoms with Crippen molar-refractivity contribution in [3.63, 3.8) is 0 Å². The SMILES string of the molecule is CC(N)C/C(F)=C(\C(C)F)C(F)(F)F. The van der Waals surface area contributed by atoms with E-state index >= 15 is 0 Å². The summed E-state index contributed by atoms with van der Waals surface area (Å²) in [5, 5.41) is 0. The van der Waals surface area contributed by atoms with Gasteiger partial charge in [0.15, 0.2) is 0 Å². The molecule has 2 unspecified atom stereocenters. The lowest BCUT2D eigenvalue weighted by Gasteiger charge is -2.15. The van der Waals surface area contributed by atoms with Gasteiger partial charge in [0.2, 0.25) is 0 Å². The molecule has 0 aromatic heterocycles. The van der Waals surface area contributed by atoms with Crippen LogP contribution in [0.25, 0.3) is 0 Å². The van der Waals surface area contributed by atoms with Crippen LogP contribution in [-0.2, 0) is 0 Å². The lowest BCUT2D eigenvalue weighted by atomic mass is 10.1. The maximum absolute atomic E-state index is 12.9. The van der Waals surface area contributed by atoms with Gasteiger partial charge in [-0.05, 0) is 13.8 Å². The Kier molecular flexibility index (Phi) is 4.51. The Labute approximate surface area is 78.8 Å². The quantitative estimate of drug-likeness (QED) is 0.723. The van der Waals surface area contributed by atoms with Gasteiger partial charge < -0.3 is 5.73 Å². The van der Waals surface area contributed by atoms with E-state index in [1.165, 1.54) is 6.92 Å². The van der Waals surface area contributed by atoms with Gasteiger partial charge in [-0.3, -0.25) is 0 Å². The van der Waals surface area contributed by atoms with E-state index in [0.717, 1.165) is 0 Å². The predicted molar refractivity (Wildman–Crippen MR) is 43.0 cm³/mol. The van der Waals surface area contributed by atoms with Crippen molar-refractivity contribution in [1.29, 1.82) is 0 Å². The van der Waals surface area contributed by atoms with Crippen LogP contribution >= 0.6 is 0 Å². The summed E-state index contributed by atoms with van der Waals surface area (Å²) in [4.78, 5) is 0. The monoisotopic (exact) mass is 217 g/mol. The zero-order valence-electron chi connectivity index (χ0n) is 7.83. The summed E-state index contributed by atoms with van der Waals surface area (Å²) in [5.74, 6) is -1.53. The fourth-order valence-electron chi connectivity index (χ4n) is 0.988. The first-order valence-electron chi connectivity index (χ1n) is 4.01. The molecule has 0 bridgehead atoms. The second-order valence-corrected chi connectivity index (χ2v) is 3.11. The number of rotatable bonds is 3. The van der Waals surface area contributed by atoms with E-state index in [2.05, 4.69) is 0 Å². The minimum atomic E-state index is -4.98. The van der Waals surface area contributed by atoms with E-state index in [1.54, 1.807) is 0 Å². The summed E-state index contributed by atoms with van der Waals surface area (Å²) in [6, 6.07) is -0.772. The number of alkyl halides is 4. The maximum atomic E-state index is 12.9. The first-order valence-corrected chi connectivity index (χ1v) is 4.01. The molecule has 0 aromatic rings. The molecule has 0 rings (SSSR count). The average Bonchev–Trinajstić information content (AvgIpc) is 1.78. The van der Waals surface area contributed by atoms with Gasteiger partial charge in [-0.15, -0.1) is 0 Å². The molecule has 84 valence electrons. The van der Waals surface area contributed by atoms with Crippen LogP contribution in [0.2, 0.25) is 0 Å². The molecular weight excluding hydrogens is 205 g/mol. The van der Waals surface area contributed by atoms with Crippen molar-refractivity contribution in [3.8, 4) is 0 Å². The number of hydrogen-bond acceptors (Lipinski definition) is 1. The van der Waals surface area contributed by atoms with Crippen LogP contribution in [0.3, 0.4) is 0 Å². The standard InChI is InChI=1S/C8H12F5N/c1-4(14)3-6(10)7(5(2)9)8(11,12)13/h4-5H,3,14H2,1-2H3/b7-6-. The summed E-state index contributed by atoms with van der Waals surface area (Å²) in [6.45, 7) is 1.99. The van der Waals surface area contributed by atoms with Crippen molar-refractivity contribution in [2.45, 2.75) is 38.7 Å². The van der Waals surface area contributed by atoms with Gasteiger partial charge in [-0.2, -0.15) is 13.2 Å². The second-order valence-electron chi connectivity index (χ2n) is 3.11. The van der Waals surface area contributed by atoms with Crippen molar-refractivity contribution < 1.29 is 22.0 Å². The third kappa shape index (κ3) is 4.04. The van der Waals surface area contributed by atoms with Crippen LogP contribution in [0.1, 0.15) is 20.3 Å². The van der Waals surface area contributed by atoms with Crippen LogP contribution in [-0.4, -0.2) is 18.4 Å². The van der Waals surface area contributed by atoms with Crippen LogP contribution in [0.15, 0.2) is 11.4 Å². The van der Waals surface area contributed by atoms with Gasteiger partial charge in [-0.1, -0.05) is 0 Å². The average molecular weight is 217 g/mol. The Bertz CT molecular complexity index is 216. The zero-order valence-corrected chi connectivity index (χ0v) is 7.83. The van der Waals surface area contributed by atoms with Crippen LogP contribution < -0.4 is 5.73 Å². The van der Waals surface area contributed by atoms with Crippen LogP contribution in [0, 0.1) is 0 Å². The van der Waals surface area contributed by atoms with Crippen molar-refractivity contribution in [1.82, 2.24) is 0 Å². The minimum Gasteiger partial charge on any atom is -0.328 e. The molecule has 1 nitrogen and oxygen atoms in total. The van der Waals surface area contributed by atoms with Gasteiger partial charge in [0, 0.05) is 12.5 Å². The molecule has 0 spiro atoms. The maximum Gasteiger partial charge on any atom is 0.417 e. The third-order valence-electron chi connectivity index (χ3n) is 1.50. The molecule has 0 aromatic carbocycles. The molecule has 0 saturated carbocycles. The largest absolute Gasteiger partial charge is 0.417 e. The highest BCUT2D eigenvalue weighted by atomic mass is 19.4. The predicted octanol–water partition coefficient (Wildman–Crippen LogP) is 2.87. The van der Waals surface area contributed by atoms with Crippen molar-refractivity contribution in [2.75, 3.05) is 0 Å². The van der Waals surface area contributed by atoms with Crippen LogP contribution in [0.4, 0.5) is 22.0 Å². The van der Waals surface area contributed by atoms with E-state index in [1.807, 2.05) is 0 Å². The summed E-state index contributed by atoms with van der Waals surface area (Å²) in [5.41, 5.74) is 3.34. The molecule has 14 heavy (non-hydrogen) atoms. The zero-order chi connectivity index (χ0) is 11.5. The number of hydrogen-bond donors (Lipinski definition) is 1. The Balaban J connectivity index is 4.97. The highest BCUT2D eigenvalue weighted by Crippen LogP contribution is 2.33. The van der Waals surface area contributed by atoms with E-state index in [4.69, 9.17) is 5.73 Å². The number of allylic oxidation sites excluding steroid dienone is 1. The molecule has 0 aliphatic heterocycles. The first kappa shape index (κ1) is 13.4. The summed E-state index contributed by atoms with van der Waals surface area (Å²) in [6.07, 6.45) is -7.97. The molecule has 0 radical (unpaired) electrons. The Hall–Kier alpha value is -0.650. The smallest absolute Gasteiger partial charge is 0.328 e. The highest BCUT2D eigenvalue weighted by Gasteiger charge is 2.40. The lowest BCUT2D eigenvalue weighted by Crippen LogP contribution is -2.23. The van der Waals surface area contributed by atoms with Gasteiger partial charge in [0.25, 0.3) is 0 Å². The van der Waals surface area contributed by atoms with Crippen molar-refractivity contribution >= 4 is 0 Å². The van der Waals surface area contributed by atoms with E-state index in [9.17, 15) is 22.0 Å². The molecular formula is C8H12F5N. The molecule has 0 fully saturated rings. The van der Waals surface area contributed by atoms with Gasteiger partial charge in [-0.25, -0.2) is 8.78 Å². The Morgan fingerprint density at radius 1 is 1.29 bits per heavy atom. The van der Waals surface area contributed by atoms with Gasteiger partial charge in [0.05, 0.1) is 5.57 Å². The molecule has 2 N–H and O–H groups in total. The lowest BCUT2D eigenvalue weighted by molar-refractivity contribution is -0.102. The van der Waals surface area contributed by atoms with E-state index < -0.39 is 36.2 Å². The fraction of sp³-hybridized carbons (Fsp3) is 0.750. The van der Waals surface area contributed by atoms with Gasteiger partial charge >= 0.3 is 6.18 Å². The van der Waals surface area contributed by atoms with E-state index in [0.29, 0.717) is 6.92 Å². The normalized spacial score (nSPS) is 18.9. The van der Waals surface area contributed by atoms with Crippen LogP contribution in [0.5, 0.6) is 0 Å². The molecule has 2 atom stereocenters. The Morgan fingerprint density at radius 2 is 1.71 bits per heavy atom. The first-order chi connectivity index (χ1) is 6.16. The molecule has 0 amide bonds. The summed E-state index contributed by atoms with van der Waals surface area (Å²) < 4.78 is 61.7. The Morgan fingerprint density at radius 3 is 1.93 bits per heavy atom. The van der Waals surface area contributed by atoms with Crippen molar-refractivity contribution in [2.24, 2.45) is 5.73 Å². The summed E-state index contributed by atoms with van der Waals surface area (Å²) >= 11 is 0. The number of nitrogens with two attached hydrogens (primary N) is 1. The third-order valence-corrected chi connectivity index (χ3v) is 1.50. The number of halogens is 5. The molecule has 0 saturated heterocycles. The highest BCUT2D eigenvalue weighted by molar-refractivity contribution is 5.18. The summed E-state index contributed by atoms with van der Waals surface area (Å²) in [7, 11) is 0. The van der Waals surface area contributed by atoms with Crippen molar-refractivity contribution in [3.05, 3.63) is 11.4 Å². The molecule has 0 aliphatic rings. The second kappa shape index (κ2) is 4.72. The van der Waals surface area contributed by atoms with Gasteiger partial charge in [0.1, 0.15) is 12.0 Å². The molecule has 6 heteroatoms. The van der Waals surface area contributed by atoms with E-state index in [-0.39, 0.29) is 0 Å². The fourth-order valence-corrected chi connectivity index (χ4v) is 0.988. The topological polar surface area (TPSA) is 26.0 Å². The minimum absolute atomic E-state index is 0.608. The molecule has 0 aliphatic carbocycles.